The smallest absolute Gasteiger partial charge is 0.268 e. The lowest BCUT2D eigenvalue weighted by Crippen LogP contribution is -2.45. The Hall–Kier alpha value is -2.84. The normalized spacial score (nSPS) is 14.6. The third kappa shape index (κ3) is 56.9. The average Bonchev–Trinajstić information content (AvgIpc) is 3.36. The maximum Gasteiger partial charge on any atom is 0.268 e. The van der Waals surface area contributed by atoms with E-state index in [-0.39, 0.29) is 12.5 Å². The molecule has 0 heterocycles. The van der Waals surface area contributed by atoms with Gasteiger partial charge in [-0.3, -0.25) is 9.36 Å². The van der Waals surface area contributed by atoms with E-state index in [0.29, 0.717) is 17.4 Å². The molecule has 0 aromatic heterocycles. The fraction of sp³-hybridized carbons (Fsp3) is 0.708. The largest absolute Gasteiger partial charge is 0.756 e. The van der Waals surface area contributed by atoms with E-state index >= 15 is 0 Å². The highest BCUT2D eigenvalue weighted by atomic mass is 31.2. The number of hydrogen-bond donors (Lipinski definition) is 2. The number of carbonyl (C=O) groups is 1. The van der Waals surface area contributed by atoms with Gasteiger partial charge in [-0.1, -0.05) is 252 Å². The number of phosphoric ester groups is 1. The Morgan fingerprint density at radius 1 is 0.486 bits per heavy atom. The number of aliphatic hydroxyl groups excluding tert-OH is 1. The van der Waals surface area contributed by atoms with Gasteiger partial charge in [0.05, 0.1) is 39.9 Å². The molecule has 0 fully saturated rings. The topological polar surface area (TPSA) is 108 Å². The standard InChI is InChI=1S/C65H115N2O6P/c1-6-8-10-12-14-16-18-20-22-24-26-28-30-32-33-35-36-38-40-42-44-46-48-50-52-54-56-58-64(68)63(62-73-74(70,71)72-61-60-67(3,4)5)66-65(69)59-57-55-53-51-49-47-45-43-41-39-37-34-31-29-27-25-23-21-19-17-15-13-11-9-7-2/h9,11,15,17,21,23,27,29,34,37,40-43,48,50,56,58,63-64,68H,6-8,10,12-14,16,18-20,22,24-26,28,30-33,35-36,38-39,44-47,49,51-55,57,59-62H2,1-5H3,(H-,66,69,70,71)/b11-9-,17-15-,23-21-,29-27-,37-34-,42-40+,43-41-,50-48+,58-56+. The molecule has 0 rings (SSSR count). The van der Waals surface area contributed by atoms with Gasteiger partial charge in [0.1, 0.15) is 13.2 Å². The number of carbonyl (C=O) groups excluding carboxylic acids is 1. The van der Waals surface area contributed by atoms with Crippen LogP contribution in [0.25, 0.3) is 0 Å². The Kier molecular flexibility index (Phi) is 52.8. The van der Waals surface area contributed by atoms with E-state index in [4.69, 9.17) is 9.05 Å². The first-order valence-electron chi connectivity index (χ1n) is 30.2. The van der Waals surface area contributed by atoms with Crippen LogP contribution in [0.5, 0.6) is 0 Å². The summed E-state index contributed by atoms with van der Waals surface area (Å²) in [5.74, 6) is -0.229. The summed E-state index contributed by atoms with van der Waals surface area (Å²) in [6.07, 6.45) is 80.3. The molecule has 8 nitrogen and oxygen atoms in total. The maximum atomic E-state index is 13.0. The molecule has 0 aromatic carbocycles. The van der Waals surface area contributed by atoms with Crippen LogP contribution in [0.4, 0.5) is 0 Å². The first-order valence-corrected chi connectivity index (χ1v) is 31.7. The van der Waals surface area contributed by atoms with Gasteiger partial charge >= 0.3 is 0 Å². The summed E-state index contributed by atoms with van der Waals surface area (Å²) in [5, 5.41) is 13.9. The van der Waals surface area contributed by atoms with Crippen molar-refractivity contribution < 1.29 is 32.9 Å². The molecule has 0 saturated heterocycles. The molecule has 3 atom stereocenters. The minimum atomic E-state index is -4.62. The molecule has 0 bridgehead atoms. The second kappa shape index (κ2) is 54.9. The molecule has 2 N–H and O–H groups in total. The second-order valence-electron chi connectivity index (χ2n) is 21.3. The Bertz CT molecular complexity index is 1570. The third-order valence-electron chi connectivity index (χ3n) is 12.9. The van der Waals surface area contributed by atoms with Crippen molar-refractivity contribution in [3.8, 4) is 0 Å². The van der Waals surface area contributed by atoms with Crippen molar-refractivity contribution in [2.75, 3.05) is 40.9 Å². The molecular weight excluding hydrogens is 936 g/mol. The van der Waals surface area contributed by atoms with Crippen LogP contribution in [-0.4, -0.2) is 68.5 Å². The number of nitrogens with one attached hydrogen (secondary N) is 1. The minimum absolute atomic E-state index is 0.0182. The zero-order valence-electron chi connectivity index (χ0n) is 48.5. The predicted molar refractivity (Wildman–Crippen MR) is 320 cm³/mol. The van der Waals surface area contributed by atoms with Crippen LogP contribution in [0.3, 0.4) is 0 Å². The molecule has 0 aliphatic heterocycles. The van der Waals surface area contributed by atoms with E-state index in [0.717, 1.165) is 109 Å². The summed E-state index contributed by atoms with van der Waals surface area (Å²) >= 11 is 0. The number of quaternary nitrogens is 1. The van der Waals surface area contributed by atoms with Crippen LogP contribution in [-0.2, 0) is 18.4 Å². The summed E-state index contributed by atoms with van der Waals surface area (Å²) in [6.45, 7) is 4.50. The van der Waals surface area contributed by atoms with Crippen LogP contribution in [0.15, 0.2) is 109 Å². The first-order chi connectivity index (χ1) is 36.0. The second-order valence-corrected chi connectivity index (χ2v) is 22.7. The van der Waals surface area contributed by atoms with Crippen molar-refractivity contribution in [3.05, 3.63) is 109 Å². The zero-order valence-corrected chi connectivity index (χ0v) is 49.4. The maximum absolute atomic E-state index is 13.0. The molecule has 0 aliphatic carbocycles. The van der Waals surface area contributed by atoms with Gasteiger partial charge in [0.2, 0.25) is 5.91 Å². The molecule has 9 heteroatoms. The van der Waals surface area contributed by atoms with E-state index in [9.17, 15) is 19.4 Å². The third-order valence-corrected chi connectivity index (χ3v) is 13.9. The quantitative estimate of drug-likeness (QED) is 0.0272. The Labute approximate surface area is 457 Å². The van der Waals surface area contributed by atoms with Crippen LogP contribution in [0, 0.1) is 0 Å². The Balaban J connectivity index is 4.32. The first kappa shape index (κ1) is 71.2. The summed E-state index contributed by atoms with van der Waals surface area (Å²) < 4.78 is 23.3. The molecule has 74 heavy (non-hydrogen) atoms. The summed E-state index contributed by atoms with van der Waals surface area (Å²) in [6, 6.07) is -0.927. The van der Waals surface area contributed by atoms with Crippen molar-refractivity contribution in [2.24, 2.45) is 0 Å². The van der Waals surface area contributed by atoms with E-state index in [2.05, 4.69) is 116 Å². The predicted octanol–water partition coefficient (Wildman–Crippen LogP) is 18.1. The van der Waals surface area contributed by atoms with Gasteiger partial charge in [0.25, 0.3) is 7.82 Å². The molecule has 0 spiro atoms. The molecular formula is C65H115N2O6P. The highest BCUT2D eigenvalue weighted by molar-refractivity contribution is 7.45. The molecule has 0 radical (unpaired) electrons. The highest BCUT2D eigenvalue weighted by Crippen LogP contribution is 2.38. The van der Waals surface area contributed by atoms with Gasteiger partial charge in [0, 0.05) is 6.42 Å². The van der Waals surface area contributed by atoms with E-state index in [1.54, 1.807) is 6.08 Å². The highest BCUT2D eigenvalue weighted by Gasteiger charge is 2.23. The number of unbranched alkanes of at least 4 members (excludes halogenated alkanes) is 25. The van der Waals surface area contributed by atoms with Crippen molar-refractivity contribution >= 4 is 13.7 Å². The van der Waals surface area contributed by atoms with Crippen LogP contribution in [0.1, 0.15) is 245 Å². The van der Waals surface area contributed by atoms with Gasteiger partial charge in [-0.15, -0.1) is 0 Å². The van der Waals surface area contributed by atoms with Gasteiger partial charge < -0.3 is 28.8 Å². The summed E-state index contributed by atoms with van der Waals surface area (Å²) in [7, 11) is 1.21. The van der Waals surface area contributed by atoms with Crippen LogP contribution < -0.4 is 10.2 Å². The van der Waals surface area contributed by atoms with Gasteiger partial charge in [-0.25, -0.2) is 0 Å². The monoisotopic (exact) mass is 1050 g/mol. The molecule has 0 aliphatic rings. The SMILES string of the molecule is CC/C=C\C/C=C\C/C=C\C/C=C\C/C=C\C/C=C\CCCCCCCCC(=O)NC(COP(=O)([O-])OCC[N+](C)(C)C)C(O)/C=C/CC/C=C/CC/C=C/CCCCCCCCCCCCCCCCCCC. The number of aliphatic hydroxyl groups is 1. The van der Waals surface area contributed by atoms with E-state index < -0.39 is 26.6 Å². The number of rotatable bonds is 54. The van der Waals surface area contributed by atoms with Crippen molar-refractivity contribution in [2.45, 2.75) is 257 Å². The lowest BCUT2D eigenvalue weighted by atomic mass is 10.0. The van der Waals surface area contributed by atoms with Gasteiger partial charge in [-0.05, 0) is 96.3 Å². The molecule has 0 saturated carbocycles. The fourth-order valence-electron chi connectivity index (χ4n) is 8.25. The lowest BCUT2D eigenvalue weighted by molar-refractivity contribution is -0.870. The lowest BCUT2D eigenvalue weighted by Gasteiger charge is -2.29. The molecule has 1 amide bonds. The minimum Gasteiger partial charge on any atom is -0.756 e. The van der Waals surface area contributed by atoms with Crippen molar-refractivity contribution in [1.29, 1.82) is 0 Å². The number of amides is 1. The van der Waals surface area contributed by atoms with Crippen molar-refractivity contribution in [1.82, 2.24) is 5.32 Å². The number of phosphoric acid groups is 1. The number of hydrogen-bond acceptors (Lipinski definition) is 6. The fourth-order valence-corrected chi connectivity index (χ4v) is 8.97. The summed E-state index contributed by atoms with van der Waals surface area (Å²) in [4.78, 5) is 25.5. The van der Waals surface area contributed by atoms with Gasteiger partial charge in [0.15, 0.2) is 0 Å². The van der Waals surface area contributed by atoms with E-state index in [1.807, 2.05) is 27.2 Å². The number of likely N-dealkylation sites (N-methyl/N-ethyl adjacent to an activating group) is 1. The van der Waals surface area contributed by atoms with Crippen LogP contribution in [0.2, 0.25) is 0 Å². The van der Waals surface area contributed by atoms with Crippen molar-refractivity contribution in [3.63, 3.8) is 0 Å². The Morgan fingerprint density at radius 2 is 0.838 bits per heavy atom. The molecule has 3 unspecified atom stereocenters. The summed E-state index contributed by atoms with van der Waals surface area (Å²) in [5.41, 5.74) is 0. The van der Waals surface area contributed by atoms with Crippen LogP contribution >= 0.6 is 7.82 Å². The molecule has 426 valence electrons. The zero-order chi connectivity index (χ0) is 54.2. The average molecular weight is 1050 g/mol. The molecule has 0 aromatic rings. The Morgan fingerprint density at radius 3 is 1.26 bits per heavy atom. The number of allylic oxidation sites excluding steroid dienone is 17. The van der Waals surface area contributed by atoms with E-state index in [1.165, 1.54) is 116 Å². The number of nitrogens with zero attached hydrogens (tertiary/aromatic N) is 1. The van der Waals surface area contributed by atoms with Gasteiger partial charge in [-0.2, -0.15) is 0 Å².